The molecule has 1 rings (SSSR count). The lowest BCUT2D eigenvalue weighted by molar-refractivity contribution is 1.74. The van der Waals surface area contributed by atoms with Crippen molar-refractivity contribution >= 4 is 0 Å². The first kappa shape index (κ1) is 3.24. The Morgan fingerprint density at radius 1 is 1.33 bits per heavy atom. The van der Waals surface area contributed by atoms with Crippen LogP contribution >= 0.6 is 0 Å². The van der Waals surface area contributed by atoms with Crippen molar-refractivity contribution in [2.45, 2.75) is 0 Å². The van der Waals surface area contributed by atoms with E-state index in [1.165, 1.54) is 0 Å². The molecule has 0 saturated heterocycles. The first-order chi connectivity index (χ1) is 3.00. The van der Waals surface area contributed by atoms with Crippen LogP contribution in [0.2, 0.25) is 0 Å². The van der Waals surface area contributed by atoms with E-state index in [0.717, 1.165) is 0 Å². The Kier molecular flexibility index (Phi) is 0.793. The minimum absolute atomic E-state index is 1.69. The number of hydrogen-bond donors (Lipinski definition) is 0. The molecule has 0 saturated carbocycles. The zero-order chi connectivity index (χ0) is 4.24. The van der Waals surface area contributed by atoms with Gasteiger partial charge in [0, 0.05) is 0 Å². The van der Waals surface area contributed by atoms with Crippen LogP contribution in [0.3, 0.4) is 0 Å². The molecule has 0 nitrogen and oxygen atoms in total. The van der Waals surface area contributed by atoms with Crippen LogP contribution in [0.15, 0.2) is 18.2 Å². The summed E-state index contributed by atoms with van der Waals surface area (Å²) in [6.07, 6.45) is 0. The molecule has 0 heteroatoms. The smallest absolute Gasteiger partial charge is 0.123 e. The maximum absolute atomic E-state index is 2.81. The third-order valence-corrected chi connectivity index (χ3v) is 0.502. The van der Waals surface area contributed by atoms with Gasteiger partial charge in [-0.25, -0.2) is 12.1 Å². The van der Waals surface area contributed by atoms with Crippen molar-refractivity contribution in [2.24, 2.45) is 0 Å². The Balaban J connectivity index is 3.00. The standard InChI is InChI=1S/C6H3/c1-2-4-6-5-3-1/h1-2,5H/q-1. The first-order valence-electron chi connectivity index (χ1n) is 1.74. The molecule has 28 valence electrons. The lowest BCUT2D eigenvalue weighted by Gasteiger charge is -1.74. The van der Waals surface area contributed by atoms with Gasteiger partial charge in [0.05, 0.1) is 0 Å². The molecule has 0 bridgehead atoms. The molecule has 0 unspecified atom stereocenters. The molecular weight excluding hydrogens is 72.1 g/mol. The van der Waals surface area contributed by atoms with Crippen molar-refractivity contribution < 1.29 is 0 Å². The van der Waals surface area contributed by atoms with Crippen LogP contribution < -0.4 is 0 Å². The van der Waals surface area contributed by atoms with E-state index in [2.05, 4.69) is 18.2 Å². The summed E-state index contributed by atoms with van der Waals surface area (Å²) in [5, 5.41) is 0. The highest BCUT2D eigenvalue weighted by atomic mass is 13.6. The molecule has 0 aliphatic heterocycles. The maximum Gasteiger partial charge on any atom is -0.123 e. The molecule has 0 fully saturated rings. The largest absolute Gasteiger partial charge is 0.237 e. The van der Waals surface area contributed by atoms with Gasteiger partial charge in [0.1, 0.15) is 0 Å². The summed E-state index contributed by atoms with van der Waals surface area (Å²) in [5.41, 5.74) is 0. The predicted octanol–water partition coefficient (Wildman–Crippen LogP) is 1.09. The summed E-state index contributed by atoms with van der Waals surface area (Å²) in [6.45, 7) is 0. The quantitative estimate of drug-likeness (QED) is 0.405. The maximum atomic E-state index is 2.81. The van der Waals surface area contributed by atoms with Gasteiger partial charge in [0.25, 0.3) is 0 Å². The summed E-state index contributed by atoms with van der Waals surface area (Å²) < 4.78 is 0. The second kappa shape index (κ2) is 1.47. The van der Waals surface area contributed by atoms with Crippen LogP contribution in [0, 0.1) is 18.2 Å². The third-order valence-electron chi connectivity index (χ3n) is 0.502. The topological polar surface area (TPSA) is 0 Å². The van der Waals surface area contributed by atoms with Crippen LogP contribution in [0.1, 0.15) is 0 Å². The van der Waals surface area contributed by atoms with Gasteiger partial charge in [-0.05, 0) is 0 Å². The van der Waals surface area contributed by atoms with Crippen LogP contribution in [0.4, 0.5) is 0 Å². The fraction of sp³-hybridized carbons (Fsp3) is 0. The van der Waals surface area contributed by atoms with Crippen molar-refractivity contribution in [3.05, 3.63) is 36.4 Å². The van der Waals surface area contributed by atoms with E-state index in [1.807, 2.05) is 0 Å². The van der Waals surface area contributed by atoms with Crippen molar-refractivity contribution in [3.8, 4) is 0 Å². The number of hydrogen-bond acceptors (Lipinski definition) is 0. The van der Waals surface area contributed by atoms with Gasteiger partial charge in [0.2, 0.25) is 0 Å². The van der Waals surface area contributed by atoms with E-state index in [4.69, 9.17) is 0 Å². The average molecular weight is 75.1 g/mol. The third kappa shape index (κ3) is 0.498. The van der Waals surface area contributed by atoms with Crippen molar-refractivity contribution in [1.29, 1.82) is 0 Å². The number of rotatable bonds is 0. The van der Waals surface area contributed by atoms with Gasteiger partial charge >= 0.3 is 0 Å². The molecule has 1 aromatic rings. The summed E-state index contributed by atoms with van der Waals surface area (Å²) in [6, 6.07) is 13.5. The SMILES string of the molecule is c1c[c-]ccc#1. The van der Waals surface area contributed by atoms with Gasteiger partial charge in [-0.1, -0.05) is 0 Å². The van der Waals surface area contributed by atoms with E-state index in [1.54, 1.807) is 18.2 Å². The molecule has 0 radical (unpaired) electrons. The van der Waals surface area contributed by atoms with Crippen molar-refractivity contribution in [1.82, 2.24) is 0 Å². The molecule has 1 aromatic carbocycles. The lowest BCUT2D eigenvalue weighted by Crippen LogP contribution is -1.44. The molecular formula is C6H3-. The second-order valence-corrected chi connectivity index (χ2v) is 0.933. The van der Waals surface area contributed by atoms with Crippen molar-refractivity contribution in [3.63, 3.8) is 0 Å². The lowest BCUT2D eigenvalue weighted by atomic mass is 10.4. The predicted molar refractivity (Wildman–Crippen MR) is 22.9 cm³/mol. The fourth-order valence-electron chi connectivity index (χ4n) is 0.269. The summed E-state index contributed by atoms with van der Waals surface area (Å²) in [5.74, 6) is 0. The van der Waals surface area contributed by atoms with Crippen LogP contribution in [-0.2, 0) is 0 Å². The Morgan fingerprint density at radius 2 is 2.33 bits per heavy atom. The van der Waals surface area contributed by atoms with Gasteiger partial charge in [-0.3, -0.25) is 0 Å². The highest BCUT2D eigenvalue weighted by molar-refractivity contribution is 4.87. The monoisotopic (exact) mass is 75.0 g/mol. The molecule has 0 aromatic heterocycles. The molecule has 0 aliphatic carbocycles. The van der Waals surface area contributed by atoms with Gasteiger partial charge in [-0.15, -0.1) is 12.1 Å². The Labute approximate surface area is 37.4 Å². The molecule has 6 heavy (non-hydrogen) atoms. The van der Waals surface area contributed by atoms with Gasteiger partial charge < -0.3 is 0 Å². The van der Waals surface area contributed by atoms with E-state index < -0.39 is 0 Å². The Bertz CT molecular complexity index is 72.0. The van der Waals surface area contributed by atoms with Gasteiger partial charge in [-0.2, -0.15) is 12.1 Å². The van der Waals surface area contributed by atoms with Crippen LogP contribution in [0.25, 0.3) is 0 Å². The van der Waals surface area contributed by atoms with E-state index in [0.29, 0.717) is 0 Å². The first-order valence-corrected chi connectivity index (χ1v) is 1.74. The Hall–Kier alpha value is -0.960. The highest BCUT2D eigenvalue weighted by Crippen LogP contribution is 1.69. The summed E-state index contributed by atoms with van der Waals surface area (Å²) in [4.78, 5) is 0. The molecule has 0 spiro atoms. The second-order valence-electron chi connectivity index (χ2n) is 0.933. The molecule has 0 heterocycles. The minimum Gasteiger partial charge on any atom is -0.237 e. The zero-order valence-electron chi connectivity index (χ0n) is 3.23. The van der Waals surface area contributed by atoms with Gasteiger partial charge in [0.15, 0.2) is 0 Å². The fourth-order valence-corrected chi connectivity index (χ4v) is 0.269. The van der Waals surface area contributed by atoms with E-state index in [-0.39, 0.29) is 0 Å². The normalized spacial score (nSPS) is 6.67. The molecule has 0 atom stereocenters. The van der Waals surface area contributed by atoms with Crippen LogP contribution in [-0.4, -0.2) is 0 Å². The summed E-state index contributed by atoms with van der Waals surface area (Å²) >= 11 is 0. The minimum atomic E-state index is 1.69. The molecule has 0 amide bonds. The highest BCUT2D eigenvalue weighted by Gasteiger charge is 1.40. The van der Waals surface area contributed by atoms with E-state index in [9.17, 15) is 0 Å². The molecule has 0 N–H and O–H groups in total. The van der Waals surface area contributed by atoms with E-state index >= 15 is 0 Å². The molecule has 0 aliphatic rings. The van der Waals surface area contributed by atoms with Crippen molar-refractivity contribution in [2.75, 3.05) is 0 Å². The van der Waals surface area contributed by atoms with Crippen LogP contribution in [0.5, 0.6) is 0 Å². The zero-order valence-corrected chi connectivity index (χ0v) is 3.23. The summed E-state index contributed by atoms with van der Waals surface area (Å²) in [7, 11) is 0. The Morgan fingerprint density at radius 3 is 2.50 bits per heavy atom. The average Bonchev–Trinajstić information content (AvgIpc) is 1.72.